The summed E-state index contributed by atoms with van der Waals surface area (Å²) in [5.74, 6) is -3.66. The number of nitrogens with one attached hydrogen (secondary N) is 1. The van der Waals surface area contributed by atoms with Crippen LogP contribution in [0.3, 0.4) is 0 Å². The Morgan fingerprint density at radius 2 is 1.55 bits per heavy atom. The highest BCUT2D eigenvalue weighted by atomic mass is 19.1. The summed E-state index contributed by atoms with van der Waals surface area (Å²) in [6.07, 6.45) is 0. The average molecular weight is 570 g/mol. The molecule has 8 nitrogen and oxygen atoms in total. The van der Waals surface area contributed by atoms with E-state index < -0.39 is 47.7 Å². The number of ketones is 1. The summed E-state index contributed by atoms with van der Waals surface area (Å²) >= 11 is 0. The van der Waals surface area contributed by atoms with Crippen molar-refractivity contribution >= 4 is 34.9 Å². The van der Waals surface area contributed by atoms with Crippen molar-refractivity contribution in [3.63, 3.8) is 0 Å². The van der Waals surface area contributed by atoms with Crippen LogP contribution in [-0.4, -0.2) is 42.1 Å². The molecule has 1 heterocycles. The zero-order chi connectivity index (χ0) is 29.8. The van der Waals surface area contributed by atoms with Gasteiger partial charge in [-0.15, -0.1) is 0 Å². The van der Waals surface area contributed by atoms with E-state index in [4.69, 9.17) is 4.74 Å². The largest absolute Gasteiger partial charge is 0.497 e. The van der Waals surface area contributed by atoms with Gasteiger partial charge in [0.05, 0.1) is 18.4 Å². The van der Waals surface area contributed by atoms with Crippen molar-refractivity contribution < 1.29 is 32.7 Å². The molecular weight excluding hydrogens is 544 g/mol. The van der Waals surface area contributed by atoms with Crippen LogP contribution in [0.4, 0.5) is 20.2 Å². The van der Waals surface area contributed by atoms with Crippen LogP contribution in [0.15, 0.2) is 97.1 Å². The highest BCUT2D eigenvalue weighted by molar-refractivity contribution is 6.52. The molecule has 0 saturated heterocycles. The SMILES string of the molecule is COc1ccc(NC(=O)[C@H](c2ccc(F)cc2)N(Cc2ccccc2F)C(=O)CN2C(=O)C(=O)c3ccccc32)cc1. The van der Waals surface area contributed by atoms with Crippen LogP contribution in [-0.2, 0) is 20.9 Å². The number of ether oxygens (including phenoxy) is 1. The number of hydrogen-bond acceptors (Lipinski definition) is 5. The number of fused-ring (bicyclic) bond motifs is 1. The lowest BCUT2D eigenvalue weighted by Crippen LogP contribution is -2.46. The van der Waals surface area contributed by atoms with E-state index in [0.717, 1.165) is 21.9 Å². The molecule has 0 radical (unpaired) electrons. The Balaban J connectivity index is 1.55. The molecule has 42 heavy (non-hydrogen) atoms. The van der Waals surface area contributed by atoms with Gasteiger partial charge in [0.25, 0.3) is 17.6 Å². The molecule has 3 amide bonds. The van der Waals surface area contributed by atoms with Crippen LogP contribution in [0, 0.1) is 11.6 Å². The molecule has 1 N–H and O–H groups in total. The second-order valence-corrected chi connectivity index (χ2v) is 9.52. The molecule has 4 aromatic carbocycles. The van der Waals surface area contributed by atoms with Gasteiger partial charge in [-0.05, 0) is 60.2 Å². The van der Waals surface area contributed by atoms with Gasteiger partial charge < -0.3 is 15.0 Å². The fourth-order valence-electron chi connectivity index (χ4n) is 4.77. The van der Waals surface area contributed by atoms with Crippen molar-refractivity contribution in [1.82, 2.24) is 4.90 Å². The van der Waals surface area contributed by atoms with E-state index in [1.54, 1.807) is 48.5 Å². The standard InChI is InChI=1S/C32H25F2N3O5/c1-42-24-16-14-23(15-17-24)35-31(40)29(20-10-12-22(33)13-11-20)37(18-21-6-2-4-8-26(21)34)28(38)19-36-27-9-5-3-7-25(27)30(39)32(36)41/h2-17,29H,18-19H2,1H3,(H,35,40)/t29-/m0/s1. The Bertz CT molecular complexity index is 1660. The lowest BCUT2D eigenvalue weighted by atomic mass is 10.0. The predicted molar refractivity (Wildman–Crippen MR) is 151 cm³/mol. The Morgan fingerprint density at radius 1 is 0.881 bits per heavy atom. The van der Waals surface area contributed by atoms with Gasteiger partial charge in [-0.1, -0.05) is 42.5 Å². The van der Waals surface area contributed by atoms with Gasteiger partial charge in [0.15, 0.2) is 0 Å². The number of hydrogen-bond donors (Lipinski definition) is 1. The summed E-state index contributed by atoms with van der Waals surface area (Å²) in [5.41, 5.74) is 1.16. The summed E-state index contributed by atoms with van der Waals surface area (Å²) in [4.78, 5) is 55.5. The molecule has 1 atom stereocenters. The molecule has 1 aliphatic heterocycles. The highest BCUT2D eigenvalue weighted by Crippen LogP contribution is 2.31. The highest BCUT2D eigenvalue weighted by Gasteiger charge is 2.39. The number of anilines is 2. The van der Waals surface area contributed by atoms with Gasteiger partial charge in [0.2, 0.25) is 5.91 Å². The number of benzene rings is 4. The van der Waals surface area contributed by atoms with Gasteiger partial charge in [0, 0.05) is 17.8 Å². The fraction of sp³-hybridized carbons (Fsp3) is 0.125. The summed E-state index contributed by atoms with van der Waals surface area (Å²) < 4.78 is 33.9. The molecule has 4 aromatic rings. The van der Waals surface area contributed by atoms with Crippen LogP contribution < -0.4 is 15.0 Å². The molecule has 5 rings (SSSR count). The monoisotopic (exact) mass is 569 g/mol. The second kappa shape index (κ2) is 12.0. The van der Waals surface area contributed by atoms with E-state index in [9.17, 15) is 28.0 Å². The van der Waals surface area contributed by atoms with E-state index in [-0.39, 0.29) is 28.9 Å². The van der Waals surface area contributed by atoms with E-state index in [1.807, 2.05) is 0 Å². The van der Waals surface area contributed by atoms with E-state index in [1.165, 1.54) is 43.5 Å². The van der Waals surface area contributed by atoms with Crippen LogP contribution in [0.5, 0.6) is 5.75 Å². The molecule has 10 heteroatoms. The number of rotatable bonds is 9. The van der Waals surface area contributed by atoms with Crippen LogP contribution in [0.1, 0.15) is 27.5 Å². The number of carbonyl (C=O) groups is 4. The van der Waals surface area contributed by atoms with E-state index in [0.29, 0.717) is 11.4 Å². The number of halogens is 2. The predicted octanol–water partition coefficient (Wildman–Crippen LogP) is 4.91. The number of para-hydroxylation sites is 1. The first kappa shape index (κ1) is 28.2. The summed E-state index contributed by atoms with van der Waals surface area (Å²) in [6, 6.07) is 22.2. The topological polar surface area (TPSA) is 96.0 Å². The van der Waals surface area contributed by atoms with E-state index >= 15 is 0 Å². The number of Topliss-reactive ketones (excluding diaryl/α,β-unsaturated/α-hetero) is 1. The first-order valence-electron chi connectivity index (χ1n) is 13.0. The molecule has 0 spiro atoms. The molecule has 0 unspecified atom stereocenters. The fourth-order valence-corrected chi connectivity index (χ4v) is 4.77. The molecule has 0 aromatic heterocycles. The van der Waals surface area contributed by atoms with Crippen molar-refractivity contribution in [2.24, 2.45) is 0 Å². The van der Waals surface area contributed by atoms with Crippen molar-refractivity contribution in [2.75, 3.05) is 23.9 Å². The first-order chi connectivity index (χ1) is 20.3. The van der Waals surface area contributed by atoms with Gasteiger partial charge in [-0.25, -0.2) is 8.78 Å². The molecule has 1 aliphatic rings. The third kappa shape index (κ3) is 5.73. The maximum absolute atomic E-state index is 14.9. The molecule has 0 saturated carbocycles. The average Bonchev–Trinajstić information content (AvgIpc) is 3.24. The molecule has 0 fully saturated rings. The van der Waals surface area contributed by atoms with Crippen LogP contribution in [0.2, 0.25) is 0 Å². The van der Waals surface area contributed by atoms with Crippen LogP contribution >= 0.6 is 0 Å². The van der Waals surface area contributed by atoms with Gasteiger partial charge in [-0.2, -0.15) is 0 Å². The van der Waals surface area contributed by atoms with Gasteiger partial charge >= 0.3 is 0 Å². The Hall–Kier alpha value is -5.38. The minimum atomic E-state index is -1.37. The molecule has 0 bridgehead atoms. The maximum Gasteiger partial charge on any atom is 0.299 e. The van der Waals surface area contributed by atoms with Crippen LogP contribution in [0.25, 0.3) is 0 Å². The van der Waals surface area contributed by atoms with Crippen molar-refractivity contribution in [2.45, 2.75) is 12.6 Å². The van der Waals surface area contributed by atoms with Gasteiger partial charge in [-0.3, -0.25) is 24.1 Å². The lowest BCUT2D eigenvalue weighted by molar-refractivity contribution is -0.139. The molecule has 212 valence electrons. The zero-order valence-corrected chi connectivity index (χ0v) is 22.4. The smallest absolute Gasteiger partial charge is 0.299 e. The summed E-state index contributed by atoms with van der Waals surface area (Å²) in [5, 5.41) is 2.76. The van der Waals surface area contributed by atoms with Crippen molar-refractivity contribution in [3.8, 4) is 5.75 Å². The lowest BCUT2D eigenvalue weighted by Gasteiger charge is -2.33. The van der Waals surface area contributed by atoms with Gasteiger partial charge in [0.1, 0.15) is 30.0 Å². The Morgan fingerprint density at radius 3 is 2.24 bits per heavy atom. The quantitative estimate of drug-likeness (QED) is 0.289. The third-order valence-electron chi connectivity index (χ3n) is 6.89. The van der Waals surface area contributed by atoms with Crippen molar-refractivity contribution in [3.05, 3.63) is 125 Å². The number of amides is 3. The Kier molecular flexibility index (Phi) is 8.05. The third-order valence-corrected chi connectivity index (χ3v) is 6.89. The number of methoxy groups -OCH3 is 1. The second-order valence-electron chi connectivity index (χ2n) is 9.52. The Labute approximate surface area is 240 Å². The number of carbonyl (C=O) groups excluding carboxylic acids is 4. The minimum Gasteiger partial charge on any atom is -0.497 e. The minimum absolute atomic E-state index is 0.111. The van der Waals surface area contributed by atoms with Crippen molar-refractivity contribution in [1.29, 1.82) is 0 Å². The maximum atomic E-state index is 14.9. The summed E-state index contributed by atoms with van der Waals surface area (Å²) in [6.45, 7) is -0.954. The first-order valence-corrected chi connectivity index (χ1v) is 13.0. The van der Waals surface area contributed by atoms with E-state index in [2.05, 4.69) is 5.32 Å². The zero-order valence-electron chi connectivity index (χ0n) is 22.4. The normalized spacial score (nSPS) is 13.0. The molecule has 0 aliphatic carbocycles. The molecular formula is C32H25F2N3O5. The number of nitrogens with zero attached hydrogens (tertiary/aromatic N) is 2. The summed E-state index contributed by atoms with van der Waals surface area (Å²) in [7, 11) is 1.50.